The summed E-state index contributed by atoms with van der Waals surface area (Å²) in [6.45, 7) is 0. The highest BCUT2D eigenvalue weighted by Gasteiger charge is 1.91. The zero-order valence-corrected chi connectivity index (χ0v) is 14.4. The van der Waals surface area contributed by atoms with Gasteiger partial charge in [0.15, 0.2) is 0 Å². The number of aldehydes is 1. The van der Waals surface area contributed by atoms with E-state index < -0.39 is 0 Å². The van der Waals surface area contributed by atoms with Gasteiger partial charge in [-0.2, -0.15) is 0 Å². The Balaban J connectivity index is 0.000000204. The van der Waals surface area contributed by atoms with E-state index in [1.54, 1.807) is 0 Å². The Bertz CT molecular complexity index is 480. The molecule has 106 valence electrons. The molecule has 2 aromatic carbocycles. The highest BCUT2D eigenvalue weighted by molar-refractivity contribution is 9.09. The lowest BCUT2D eigenvalue weighted by atomic mass is 10.1. The third-order valence-electron chi connectivity index (χ3n) is 2.72. The Morgan fingerprint density at radius 2 is 1.25 bits per heavy atom. The maximum atomic E-state index is 10.3. The first-order valence-corrected chi connectivity index (χ1v) is 8.74. The van der Waals surface area contributed by atoms with Gasteiger partial charge in [0.25, 0.3) is 0 Å². The minimum Gasteiger partial charge on any atom is -0.298 e. The summed E-state index contributed by atoms with van der Waals surface area (Å²) in [5, 5.41) is 2.02. The SMILES string of the molecule is BrCCc1ccccc1.O=Cc1ccc(CCBr)cc1. The molecule has 2 aromatic rings. The second-order valence-electron chi connectivity index (χ2n) is 4.22. The summed E-state index contributed by atoms with van der Waals surface area (Å²) in [6, 6.07) is 18.1. The Morgan fingerprint density at radius 1 is 0.750 bits per heavy atom. The van der Waals surface area contributed by atoms with Gasteiger partial charge in [-0.3, -0.25) is 4.79 Å². The van der Waals surface area contributed by atoms with Crippen molar-refractivity contribution in [1.29, 1.82) is 0 Å². The molecule has 0 bridgehead atoms. The molecule has 0 aromatic heterocycles. The Morgan fingerprint density at radius 3 is 1.70 bits per heavy atom. The molecular weight excluding hydrogens is 380 g/mol. The number of alkyl halides is 2. The van der Waals surface area contributed by atoms with Crippen molar-refractivity contribution in [3.63, 3.8) is 0 Å². The second kappa shape index (κ2) is 10.8. The highest BCUT2D eigenvalue weighted by Crippen LogP contribution is 2.04. The summed E-state index contributed by atoms with van der Waals surface area (Å²) in [7, 11) is 0. The van der Waals surface area contributed by atoms with Crippen LogP contribution in [0.4, 0.5) is 0 Å². The van der Waals surface area contributed by atoms with Crippen molar-refractivity contribution in [2.45, 2.75) is 12.8 Å². The van der Waals surface area contributed by atoms with Crippen LogP contribution in [0.2, 0.25) is 0 Å². The maximum absolute atomic E-state index is 10.3. The lowest BCUT2D eigenvalue weighted by Gasteiger charge is -1.96. The van der Waals surface area contributed by atoms with Crippen LogP contribution >= 0.6 is 31.9 Å². The molecule has 0 fully saturated rings. The van der Waals surface area contributed by atoms with Crippen LogP contribution in [0.15, 0.2) is 54.6 Å². The molecule has 0 aliphatic rings. The summed E-state index contributed by atoms with van der Waals surface area (Å²) in [5.74, 6) is 0. The number of carbonyl (C=O) groups is 1. The molecule has 0 aliphatic carbocycles. The smallest absolute Gasteiger partial charge is 0.150 e. The van der Waals surface area contributed by atoms with Crippen molar-refractivity contribution in [3.05, 3.63) is 71.3 Å². The van der Waals surface area contributed by atoms with Gasteiger partial charge >= 0.3 is 0 Å². The average Bonchev–Trinajstić information content (AvgIpc) is 2.50. The summed E-state index contributed by atoms with van der Waals surface area (Å²) in [4.78, 5) is 10.3. The maximum Gasteiger partial charge on any atom is 0.150 e. The van der Waals surface area contributed by atoms with Gasteiger partial charge in [0.05, 0.1) is 0 Å². The first kappa shape index (κ1) is 17.1. The fourth-order valence-corrected chi connectivity index (χ4v) is 2.54. The third-order valence-corrected chi connectivity index (χ3v) is 3.52. The van der Waals surface area contributed by atoms with Crippen molar-refractivity contribution in [2.24, 2.45) is 0 Å². The summed E-state index contributed by atoms with van der Waals surface area (Å²) in [6.07, 6.45) is 3.00. The molecule has 0 N–H and O–H groups in total. The number of hydrogen-bond donors (Lipinski definition) is 0. The van der Waals surface area contributed by atoms with E-state index in [-0.39, 0.29) is 0 Å². The van der Waals surface area contributed by atoms with E-state index in [0.29, 0.717) is 0 Å². The van der Waals surface area contributed by atoms with E-state index in [9.17, 15) is 4.79 Å². The van der Waals surface area contributed by atoms with Crippen LogP contribution in [0.3, 0.4) is 0 Å². The Labute approximate surface area is 137 Å². The van der Waals surface area contributed by atoms with Crippen LogP contribution in [-0.4, -0.2) is 16.9 Å². The van der Waals surface area contributed by atoms with Gasteiger partial charge in [0.1, 0.15) is 6.29 Å². The fourth-order valence-electron chi connectivity index (χ4n) is 1.63. The lowest BCUT2D eigenvalue weighted by molar-refractivity contribution is 0.112. The van der Waals surface area contributed by atoms with Gasteiger partial charge < -0.3 is 0 Å². The number of aryl methyl sites for hydroxylation is 2. The van der Waals surface area contributed by atoms with Gasteiger partial charge in [-0.1, -0.05) is 86.5 Å². The van der Waals surface area contributed by atoms with E-state index in [1.165, 1.54) is 11.1 Å². The average molecular weight is 398 g/mol. The fraction of sp³-hybridized carbons (Fsp3) is 0.235. The quantitative estimate of drug-likeness (QED) is 0.509. The first-order valence-electron chi connectivity index (χ1n) is 6.50. The number of halogens is 2. The van der Waals surface area contributed by atoms with Crippen molar-refractivity contribution in [1.82, 2.24) is 0 Å². The number of rotatable bonds is 5. The van der Waals surface area contributed by atoms with E-state index in [4.69, 9.17) is 0 Å². The molecule has 2 rings (SSSR count). The molecule has 0 radical (unpaired) electrons. The normalized spacial score (nSPS) is 9.50. The zero-order chi connectivity index (χ0) is 14.6. The van der Waals surface area contributed by atoms with Crippen LogP contribution < -0.4 is 0 Å². The number of benzene rings is 2. The molecule has 0 heterocycles. The van der Waals surface area contributed by atoms with E-state index >= 15 is 0 Å². The van der Waals surface area contributed by atoms with Crippen LogP contribution in [0.5, 0.6) is 0 Å². The molecule has 0 spiro atoms. The van der Waals surface area contributed by atoms with Crippen LogP contribution in [0.25, 0.3) is 0 Å². The first-order chi connectivity index (χ1) is 9.80. The molecule has 0 saturated carbocycles. The summed E-state index contributed by atoms with van der Waals surface area (Å²) < 4.78 is 0. The van der Waals surface area contributed by atoms with E-state index in [1.807, 2.05) is 30.3 Å². The molecule has 1 nitrogen and oxygen atoms in total. The van der Waals surface area contributed by atoms with Gasteiger partial charge in [-0.25, -0.2) is 0 Å². The molecule has 0 aliphatic heterocycles. The molecular formula is C17H18Br2O. The minimum absolute atomic E-state index is 0.739. The molecule has 0 unspecified atom stereocenters. The number of carbonyl (C=O) groups excluding carboxylic acids is 1. The second-order valence-corrected chi connectivity index (χ2v) is 5.81. The highest BCUT2D eigenvalue weighted by atomic mass is 79.9. The summed E-state index contributed by atoms with van der Waals surface area (Å²) in [5.41, 5.74) is 3.39. The van der Waals surface area contributed by atoms with Gasteiger partial charge in [0, 0.05) is 16.2 Å². The van der Waals surface area contributed by atoms with Crippen LogP contribution in [0.1, 0.15) is 21.5 Å². The van der Waals surface area contributed by atoms with Crippen molar-refractivity contribution < 1.29 is 4.79 Å². The van der Waals surface area contributed by atoms with E-state index in [0.717, 1.165) is 35.4 Å². The molecule has 0 amide bonds. The Hall–Kier alpha value is -0.930. The predicted molar refractivity (Wildman–Crippen MR) is 93.3 cm³/mol. The summed E-state index contributed by atoms with van der Waals surface area (Å²) >= 11 is 6.74. The standard InChI is InChI=1S/C9H9BrO.C8H9Br/c10-6-5-8-1-3-9(7-11)4-2-8;9-7-6-8-4-2-1-3-5-8/h1-4,7H,5-6H2;1-5H,6-7H2. The van der Waals surface area contributed by atoms with Crippen molar-refractivity contribution in [2.75, 3.05) is 10.7 Å². The van der Waals surface area contributed by atoms with Gasteiger partial charge in [-0.05, 0) is 24.0 Å². The minimum atomic E-state index is 0.739. The monoisotopic (exact) mass is 396 g/mol. The third kappa shape index (κ3) is 7.01. The molecule has 0 saturated heterocycles. The van der Waals surface area contributed by atoms with Crippen molar-refractivity contribution in [3.8, 4) is 0 Å². The van der Waals surface area contributed by atoms with Gasteiger partial charge in [0.2, 0.25) is 0 Å². The Kier molecular flexibility index (Phi) is 9.25. The lowest BCUT2D eigenvalue weighted by Crippen LogP contribution is -1.86. The van der Waals surface area contributed by atoms with Crippen LogP contribution in [0, 0.1) is 0 Å². The zero-order valence-electron chi connectivity index (χ0n) is 11.3. The topological polar surface area (TPSA) is 17.1 Å². The van der Waals surface area contributed by atoms with Gasteiger partial charge in [-0.15, -0.1) is 0 Å². The molecule has 0 atom stereocenters. The van der Waals surface area contributed by atoms with Crippen molar-refractivity contribution >= 4 is 38.1 Å². The largest absolute Gasteiger partial charge is 0.298 e. The van der Waals surface area contributed by atoms with Crippen LogP contribution in [-0.2, 0) is 12.8 Å². The van der Waals surface area contributed by atoms with E-state index in [2.05, 4.69) is 56.1 Å². The number of hydrogen-bond acceptors (Lipinski definition) is 1. The predicted octanol–water partition coefficient (Wildman–Crippen LogP) is 5.06. The molecule has 3 heteroatoms. The molecule has 20 heavy (non-hydrogen) atoms.